The van der Waals surface area contributed by atoms with E-state index in [2.05, 4.69) is 4.90 Å². The van der Waals surface area contributed by atoms with E-state index in [-0.39, 0.29) is 29.0 Å². The zero-order chi connectivity index (χ0) is 22.2. The van der Waals surface area contributed by atoms with Crippen LogP contribution in [0.4, 0.5) is 0 Å². The summed E-state index contributed by atoms with van der Waals surface area (Å²) in [4.78, 5) is 28.0. The fourth-order valence-electron chi connectivity index (χ4n) is 3.29. The van der Waals surface area contributed by atoms with Gasteiger partial charge in [0.1, 0.15) is 12.4 Å². The van der Waals surface area contributed by atoms with Gasteiger partial charge in [-0.05, 0) is 24.3 Å². The molecule has 2 amide bonds. The van der Waals surface area contributed by atoms with Gasteiger partial charge in [0.15, 0.2) is 18.1 Å². The van der Waals surface area contributed by atoms with Crippen molar-refractivity contribution in [2.45, 2.75) is 0 Å². The van der Waals surface area contributed by atoms with Gasteiger partial charge in [0, 0.05) is 38.3 Å². The van der Waals surface area contributed by atoms with Crippen LogP contribution in [0.25, 0.3) is 0 Å². The number of ether oxygens (including phenoxy) is 3. The van der Waals surface area contributed by atoms with Crippen molar-refractivity contribution in [3.8, 4) is 17.2 Å². The Morgan fingerprint density at radius 2 is 1.77 bits per heavy atom. The summed E-state index contributed by atoms with van der Waals surface area (Å²) in [6, 6.07) is 12.8. The monoisotopic (exact) mass is 447 g/mol. The largest absolute Gasteiger partial charge is 0.493 e. The minimum atomic E-state index is -0.634. The van der Waals surface area contributed by atoms with E-state index in [0.717, 1.165) is 25.4 Å². The van der Waals surface area contributed by atoms with E-state index in [1.807, 2.05) is 30.3 Å². The molecule has 0 spiro atoms. The molecule has 1 aliphatic rings. The van der Waals surface area contributed by atoms with E-state index >= 15 is 0 Å². The van der Waals surface area contributed by atoms with Gasteiger partial charge in [0.05, 0.1) is 12.1 Å². The topological polar surface area (TPSA) is 94.3 Å². The first-order chi connectivity index (χ1) is 15.0. The molecule has 0 atom stereocenters. The highest BCUT2D eigenvalue weighted by atomic mass is 35.5. The molecule has 0 aromatic heterocycles. The molecule has 0 saturated carbocycles. The maximum atomic E-state index is 13.0. The third-order valence-electron chi connectivity index (χ3n) is 4.91. The molecule has 2 aromatic carbocycles. The zero-order valence-electron chi connectivity index (χ0n) is 17.4. The number of rotatable bonds is 9. The van der Waals surface area contributed by atoms with Crippen molar-refractivity contribution in [3.05, 3.63) is 53.1 Å². The van der Waals surface area contributed by atoms with Crippen molar-refractivity contribution >= 4 is 23.4 Å². The van der Waals surface area contributed by atoms with Gasteiger partial charge in [-0.15, -0.1) is 0 Å². The van der Waals surface area contributed by atoms with Crippen molar-refractivity contribution in [1.29, 1.82) is 0 Å². The summed E-state index contributed by atoms with van der Waals surface area (Å²) < 4.78 is 16.3. The number of piperazine rings is 1. The van der Waals surface area contributed by atoms with E-state index in [1.54, 1.807) is 11.0 Å². The van der Waals surface area contributed by atoms with Gasteiger partial charge in [-0.2, -0.15) is 0 Å². The number of para-hydroxylation sites is 1. The van der Waals surface area contributed by atoms with Crippen LogP contribution in [0.3, 0.4) is 0 Å². The van der Waals surface area contributed by atoms with Crippen LogP contribution in [0.5, 0.6) is 17.2 Å². The Bertz CT molecular complexity index is 902. The SMILES string of the molecule is COc1cc(C(=O)N2CCN(CCOc3ccccc3)CC2)cc(Cl)c1OCC(N)=O. The lowest BCUT2D eigenvalue weighted by Gasteiger charge is -2.34. The number of amides is 2. The second-order valence-corrected chi connectivity index (χ2v) is 7.45. The summed E-state index contributed by atoms with van der Waals surface area (Å²) in [5, 5.41) is 0.181. The molecule has 1 saturated heterocycles. The fourth-order valence-corrected chi connectivity index (χ4v) is 3.56. The fraction of sp³-hybridized carbons (Fsp3) is 0.364. The third kappa shape index (κ3) is 6.26. The molecule has 8 nitrogen and oxygen atoms in total. The van der Waals surface area contributed by atoms with Gasteiger partial charge in [0.2, 0.25) is 0 Å². The van der Waals surface area contributed by atoms with E-state index in [4.69, 9.17) is 31.5 Å². The standard InChI is InChI=1S/C22H26ClN3O5/c1-29-19-14-16(13-18(23)21(19)31-15-20(24)27)22(28)26-9-7-25(8-10-26)11-12-30-17-5-3-2-4-6-17/h2-6,13-14H,7-12,15H2,1H3,(H2,24,27). The second-order valence-electron chi connectivity index (χ2n) is 7.04. The van der Waals surface area contributed by atoms with Crippen LogP contribution >= 0.6 is 11.6 Å². The average molecular weight is 448 g/mol. The molecule has 0 bridgehead atoms. The molecular formula is C22H26ClN3O5. The zero-order valence-corrected chi connectivity index (χ0v) is 18.1. The quantitative estimate of drug-likeness (QED) is 0.632. The lowest BCUT2D eigenvalue weighted by molar-refractivity contribution is -0.119. The molecule has 166 valence electrons. The lowest BCUT2D eigenvalue weighted by Crippen LogP contribution is -2.49. The molecule has 3 rings (SSSR count). The highest BCUT2D eigenvalue weighted by Crippen LogP contribution is 2.36. The van der Waals surface area contributed by atoms with Gasteiger partial charge >= 0.3 is 0 Å². The number of carbonyl (C=O) groups excluding carboxylic acids is 2. The summed E-state index contributed by atoms with van der Waals surface area (Å²) in [6.07, 6.45) is 0. The number of halogens is 1. The number of hydrogen-bond acceptors (Lipinski definition) is 6. The third-order valence-corrected chi connectivity index (χ3v) is 5.19. The Kier molecular flexibility index (Phi) is 7.97. The molecule has 1 fully saturated rings. The summed E-state index contributed by atoms with van der Waals surface area (Å²) >= 11 is 6.26. The second kappa shape index (κ2) is 10.9. The molecule has 31 heavy (non-hydrogen) atoms. The Balaban J connectivity index is 1.54. The smallest absolute Gasteiger partial charge is 0.255 e. The first kappa shape index (κ1) is 22.7. The van der Waals surface area contributed by atoms with E-state index in [9.17, 15) is 9.59 Å². The van der Waals surface area contributed by atoms with Crippen molar-refractivity contribution in [2.75, 3.05) is 53.0 Å². The van der Waals surface area contributed by atoms with Crippen molar-refractivity contribution in [2.24, 2.45) is 5.73 Å². The molecule has 0 aliphatic carbocycles. The highest BCUT2D eigenvalue weighted by molar-refractivity contribution is 6.32. The molecule has 1 heterocycles. The normalized spacial score (nSPS) is 14.2. The Morgan fingerprint density at radius 3 is 2.42 bits per heavy atom. The molecule has 2 N–H and O–H groups in total. The maximum Gasteiger partial charge on any atom is 0.255 e. The number of benzene rings is 2. The Hall–Kier alpha value is -2.97. The van der Waals surface area contributed by atoms with Crippen molar-refractivity contribution in [3.63, 3.8) is 0 Å². The van der Waals surface area contributed by atoms with Gasteiger partial charge in [0.25, 0.3) is 11.8 Å². The number of nitrogens with zero attached hydrogens (tertiary/aromatic N) is 2. The molecule has 9 heteroatoms. The molecule has 0 unspecified atom stereocenters. The van der Waals surface area contributed by atoms with Gasteiger partial charge in [-0.3, -0.25) is 14.5 Å². The highest BCUT2D eigenvalue weighted by Gasteiger charge is 2.24. The van der Waals surface area contributed by atoms with Crippen LogP contribution < -0.4 is 19.9 Å². The summed E-state index contributed by atoms with van der Waals surface area (Å²) in [7, 11) is 1.44. The van der Waals surface area contributed by atoms with Crippen LogP contribution in [0, 0.1) is 0 Å². The van der Waals surface area contributed by atoms with Crippen LogP contribution in [0.15, 0.2) is 42.5 Å². The number of primary amides is 1. The Labute approximate surface area is 186 Å². The summed E-state index contributed by atoms with van der Waals surface area (Å²) in [5.74, 6) is 0.536. The number of hydrogen-bond donors (Lipinski definition) is 1. The molecule has 0 radical (unpaired) electrons. The minimum Gasteiger partial charge on any atom is -0.493 e. The van der Waals surface area contributed by atoms with Gasteiger partial charge in [-0.1, -0.05) is 29.8 Å². The number of nitrogens with two attached hydrogens (primary N) is 1. The number of methoxy groups -OCH3 is 1. The Morgan fingerprint density at radius 1 is 1.06 bits per heavy atom. The maximum absolute atomic E-state index is 13.0. The predicted molar refractivity (Wildman–Crippen MR) is 117 cm³/mol. The van der Waals surface area contributed by atoms with Crippen molar-refractivity contribution < 1.29 is 23.8 Å². The van der Waals surface area contributed by atoms with Gasteiger partial charge < -0.3 is 24.8 Å². The lowest BCUT2D eigenvalue weighted by atomic mass is 10.1. The van der Waals surface area contributed by atoms with Gasteiger partial charge in [-0.25, -0.2) is 0 Å². The minimum absolute atomic E-state index is 0.137. The van der Waals surface area contributed by atoms with Crippen molar-refractivity contribution in [1.82, 2.24) is 9.80 Å². The van der Waals surface area contributed by atoms with Crippen LogP contribution in [0.2, 0.25) is 5.02 Å². The van der Waals surface area contributed by atoms with Crippen LogP contribution in [-0.2, 0) is 4.79 Å². The first-order valence-electron chi connectivity index (χ1n) is 9.96. The van der Waals surface area contributed by atoms with Crippen LogP contribution in [-0.4, -0.2) is 74.7 Å². The van der Waals surface area contributed by atoms with Crippen LogP contribution in [0.1, 0.15) is 10.4 Å². The average Bonchev–Trinajstić information content (AvgIpc) is 2.78. The number of carbonyl (C=O) groups is 2. The first-order valence-corrected chi connectivity index (χ1v) is 10.3. The predicted octanol–water partition coefficient (Wildman–Crippen LogP) is 2.05. The van der Waals surface area contributed by atoms with E-state index in [1.165, 1.54) is 13.2 Å². The molecule has 1 aliphatic heterocycles. The summed E-state index contributed by atoms with van der Waals surface area (Å²) in [6.45, 7) is 3.77. The molecular weight excluding hydrogens is 422 g/mol. The van der Waals surface area contributed by atoms with E-state index in [0.29, 0.717) is 25.3 Å². The summed E-state index contributed by atoms with van der Waals surface area (Å²) in [5.41, 5.74) is 5.51. The molecule has 2 aromatic rings. The van der Waals surface area contributed by atoms with E-state index < -0.39 is 5.91 Å².